The summed E-state index contributed by atoms with van der Waals surface area (Å²) >= 11 is 6.98. The summed E-state index contributed by atoms with van der Waals surface area (Å²) in [5, 5.41) is 7.76. The summed E-state index contributed by atoms with van der Waals surface area (Å²) in [4.78, 5) is 13.5. The molecule has 0 bridgehead atoms. The van der Waals surface area contributed by atoms with E-state index in [-0.39, 0.29) is 5.97 Å². The Morgan fingerprint density at radius 3 is 2.73 bits per heavy atom. The SMILES string of the molecule is COC(=O)c1c(NC(=S)NCC(C)C)sc2c1CCCCC2. The number of rotatable bonds is 4. The fourth-order valence-electron chi connectivity index (χ4n) is 2.59. The number of carbonyl (C=O) groups is 1. The molecular weight excluding hydrogens is 316 g/mol. The number of anilines is 1. The lowest BCUT2D eigenvalue weighted by Crippen LogP contribution is -2.31. The van der Waals surface area contributed by atoms with Crippen LogP contribution in [0.25, 0.3) is 0 Å². The van der Waals surface area contributed by atoms with Gasteiger partial charge in [0, 0.05) is 11.4 Å². The lowest BCUT2D eigenvalue weighted by Gasteiger charge is -2.12. The van der Waals surface area contributed by atoms with Crippen molar-refractivity contribution in [3.8, 4) is 0 Å². The highest BCUT2D eigenvalue weighted by molar-refractivity contribution is 7.80. The first kappa shape index (κ1) is 17.2. The zero-order chi connectivity index (χ0) is 16.1. The minimum Gasteiger partial charge on any atom is -0.465 e. The summed E-state index contributed by atoms with van der Waals surface area (Å²) in [5.41, 5.74) is 1.83. The minimum atomic E-state index is -0.270. The third-order valence-corrected chi connectivity index (χ3v) is 5.16. The van der Waals surface area contributed by atoms with Crippen molar-refractivity contribution in [2.45, 2.75) is 46.0 Å². The first-order valence-corrected chi connectivity index (χ1v) is 9.03. The van der Waals surface area contributed by atoms with Gasteiger partial charge in [0.15, 0.2) is 5.11 Å². The molecule has 0 saturated carbocycles. The molecular formula is C16H24N2O2S2. The Morgan fingerprint density at radius 2 is 2.05 bits per heavy atom. The minimum absolute atomic E-state index is 0.270. The van der Waals surface area contributed by atoms with Crippen molar-refractivity contribution < 1.29 is 9.53 Å². The molecule has 0 aromatic carbocycles. The highest BCUT2D eigenvalue weighted by atomic mass is 32.1. The second-order valence-electron chi connectivity index (χ2n) is 5.99. The number of nitrogens with one attached hydrogen (secondary N) is 2. The molecule has 4 nitrogen and oxygen atoms in total. The molecule has 0 amide bonds. The molecule has 0 atom stereocenters. The van der Waals surface area contributed by atoms with Crippen LogP contribution in [0.15, 0.2) is 0 Å². The van der Waals surface area contributed by atoms with Crippen molar-refractivity contribution in [2.24, 2.45) is 5.92 Å². The number of hydrogen-bond donors (Lipinski definition) is 2. The Morgan fingerprint density at radius 1 is 1.32 bits per heavy atom. The van der Waals surface area contributed by atoms with Crippen LogP contribution in [0.1, 0.15) is 53.9 Å². The molecule has 1 heterocycles. The van der Waals surface area contributed by atoms with Crippen LogP contribution in [0.2, 0.25) is 0 Å². The van der Waals surface area contributed by atoms with Gasteiger partial charge in [0.2, 0.25) is 0 Å². The van der Waals surface area contributed by atoms with Crippen LogP contribution in [0.3, 0.4) is 0 Å². The van der Waals surface area contributed by atoms with Crippen molar-refractivity contribution in [3.63, 3.8) is 0 Å². The molecule has 1 aromatic heterocycles. The number of esters is 1. The van der Waals surface area contributed by atoms with Gasteiger partial charge in [-0.2, -0.15) is 0 Å². The van der Waals surface area contributed by atoms with Crippen molar-refractivity contribution >= 4 is 39.6 Å². The molecule has 0 spiro atoms. The zero-order valence-electron chi connectivity index (χ0n) is 13.5. The van der Waals surface area contributed by atoms with Crippen molar-refractivity contribution in [2.75, 3.05) is 19.0 Å². The molecule has 2 rings (SSSR count). The standard InChI is InChI=1S/C16H24N2O2S2/c1-10(2)9-17-16(21)18-14-13(15(19)20-3)11-7-5-4-6-8-12(11)22-14/h10H,4-9H2,1-3H3,(H2,17,18,21). The van der Waals surface area contributed by atoms with E-state index >= 15 is 0 Å². The van der Waals surface area contributed by atoms with E-state index in [4.69, 9.17) is 17.0 Å². The smallest absolute Gasteiger partial charge is 0.341 e. The predicted molar refractivity (Wildman–Crippen MR) is 96.0 cm³/mol. The normalized spacial score (nSPS) is 14.2. The van der Waals surface area contributed by atoms with Crippen LogP contribution in [-0.4, -0.2) is 24.7 Å². The number of fused-ring (bicyclic) bond motifs is 1. The number of aryl methyl sites for hydroxylation is 1. The number of thiophene rings is 1. The molecule has 1 aliphatic rings. The molecule has 0 aliphatic heterocycles. The highest BCUT2D eigenvalue weighted by Gasteiger charge is 2.25. The van der Waals surface area contributed by atoms with Crippen LogP contribution in [-0.2, 0) is 17.6 Å². The summed E-state index contributed by atoms with van der Waals surface area (Å²) in [6.07, 6.45) is 5.52. The number of thiocarbonyl (C=S) groups is 1. The van der Waals surface area contributed by atoms with E-state index in [0.717, 1.165) is 36.4 Å². The Hall–Kier alpha value is -1.14. The molecule has 0 radical (unpaired) electrons. The quantitative estimate of drug-likeness (QED) is 0.497. The maximum absolute atomic E-state index is 12.2. The van der Waals surface area contributed by atoms with Crippen LogP contribution >= 0.6 is 23.6 Å². The molecule has 1 aliphatic carbocycles. The van der Waals surface area contributed by atoms with Gasteiger partial charge in [0.25, 0.3) is 0 Å². The van der Waals surface area contributed by atoms with Gasteiger partial charge in [-0.05, 0) is 49.4 Å². The Bertz CT molecular complexity index is 553. The van der Waals surface area contributed by atoms with Gasteiger partial charge in [0.05, 0.1) is 12.7 Å². The lowest BCUT2D eigenvalue weighted by atomic mass is 10.1. The summed E-state index contributed by atoms with van der Waals surface area (Å²) in [6.45, 7) is 5.07. The summed E-state index contributed by atoms with van der Waals surface area (Å²) < 4.78 is 4.99. The van der Waals surface area contributed by atoms with Gasteiger partial charge in [-0.25, -0.2) is 4.79 Å². The molecule has 0 unspecified atom stereocenters. The van der Waals surface area contributed by atoms with Gasteiger partial charge in [-0.15, -0.1) is 11.3 Å². The number of hydrogen-bond acceptors (Lipinski definition) is 4. The van der Waals surface area contributed by atoms with Crippen LogP contribution in [0.5, 0.6) is 0 Å². The Balaban J connectivity index is 2.22. The second-order valence-corrected chi connectivity index (χ2v) is 7.50. The topological polar surface area (TPSA) is 50.4 Å². The van der Waals surface area contributed by atoms with Crippen molar-refractivity contribution in [3.05, 3.63) is 16.0 Å². The van der Waals surface area contributed by atoms with E-state index in [1.54, 1.807) is 11.3 Å². The lowest BCUT2D eigenvalue weighted by molar-refractivity contribution is 0.0601. The van der Waals surface area contributed by atoms with Gasteiger partial charge in [-0.1, -0.05) is 20.3 Å². The molecule has 0 saturated heterocycles. The fraction of sp³-hybridized carbons (Fsp3) is 0.625. The first-order chi connectivity index (χ1) is 10.5. The summed E-state index contributed by atoms with van der Waals surface area (Å²) in [6, 6.07) is 0. The van der Waals surface area contributed by atoms with E-state index in [9.17, 15) is 4.79 Å². The third-order valence-electron chi connectivity index (χ3n) is 3.71. The highest BCUT2D eigenvalue weighted by Crippen LogP contribution is 2.37. The predicted octanol–water partition coefficient (Wildman–Crippen LogP) is 3.75. The zero-order valence-corrected chi connectivity index (χ0v) is 15.1. The maximum Gasteiger partial charge on any atom is 0.341 e. The first-order valence-electron chi connectivity index (χ1n) is 7.80. The number of ether oxygens (including phenoxy) is 1. The molecule has 122 valence electrons. The maximum atomic E-state index is 12.2. The fourth-order valence-corrected chi connectivity index (χ4v) is 4.12. The third kappa shape index (κ3) is 4.20. The van der Waals surface area contributed by atoms with Gasteiger partial charge >= 0.3 is 5.97 Å². The summed E-state index contributed by atoms with van der Waals surface area (Å²) in [5.74, 6) is 0.244. The summed E-state index contributed by atoms with van der Waals surface area (Å²) in [7, 11) is 1.43. The van der Waals surface area contributed by atoms with E-state index in [0.29, 0.717) is 16.6 Å². The largest absolute Gasteiger partial charge is 0.465 e. The van der Waals surface area contributed by atoms with Crippen LogP contribution in [0, 0.1) is 5.92 Å². The van der Waals surface area contributed by atoms with Crippen molar-refractivity contribution in [1.82, 2.24) is 5.32 Å². The average Bonchev–Trinajstić information content (AvgIpc) is 2.66. The average molecular weight is 341 g/mol. The number of carbonyl (C=O) groups excluding carboxylic acids is 1. The molecule has 0 fully saturated rings. The van der Waals surface area contributed by atoms with E-state index in [1.165, 1.54) is 24.8 Å². The van der Waals surface area contributed by atoms with E-state index in [1.807, 2.05) is 0 Å². The second kappa shape index (κ2) is 7.92. The van der Waals surface area contributed by atoms with Gasteiger partial charge < -0.3 is 15.4 Å². The molecule has 6 heteroatoms. The molecule has 2 N–H and O–H groups in total. The van der Waals surface area contributed by atoms with Gasteiger partial charge in [0.1, 0.15) is 5.00 Å². The monoisotopic (exact) mass is 340 g/mol. The van der Waals surface area contributed by atoms with Crippen LogP contribution in [0.4, 0.5) is 5.00 Å². The van der Waals surface area contributed by atoms with Crippen LogP contribution < -0.4 is 10.6 Å². The van der Waals surface area contributed by atoms with Gasteiger partial charge in [-0.3, -0.25) is 0 Å². The van der Waals surface area contributed by atoms with Crippen molar-refractivity contribution in [1.29, 1.82) is 0 Å². The Kier molecular flexibility index (Phi) is 6.20. The van der Waals surface area contributed by atoms with E-state index < -0.39 is 0 Å². The Labute approximate surface area is 141 Å². The molecule has 22 heavy (non-hydrogen) atoms. The van der Waals surface area contributed by atoms with E-state index in [2.05, 4.69) is 24.5 Å². The molecule has 1 aromatic rings. The number of methoxy groups -OCH3 is 1.